The minimum atomic E-state index is 0.0511. The second-order valence-electron chi connectivity index (χ2n) is 6.37. The highest BCUT2D eigenvalue weighted by Gasteiger charge is 2.19. The number of benzene rings is 1. The lowest BCUT2D eigenvalue weighted by atomic mass is 10.2. The van der Waals surface area contributed by atoms with Gasteiger partial charge < -0.3 is 9.64 Å². The van der Waals surface area contributed by atoms with Gasteiger partial charge in [0.15, 0.2) is 0 Å². The summed E-state index contributed by atoms with van der Waals surface area (Å²) in [4.78, 5) is 20.9. The van der Waals surface area contributed by atoms with Crippen LogP contribution < -0.4 is 4.74 Å². The highest BCUT2D eigenvalue weighted by molar-refractivity contribution is 5.91. The molecule has 0 bridgehead atoms. The first-order valence-corrected chi connectivity index (χ1v) is 9.01. The zero-order valence-electron chi connectivity index (χ0n) is 15.2. The number of para-hydroxylation sites is 1. The molecule has 3 rings (SSSR count). The molecule has 1 aromatic heterocycles. The third kappa shape index (κ3) is 5.17. The van der Waals surface area contributed by atoms with Crippen LogP contribution in [0.25, 0.3) is 6.08 Å². The highest BCUT2D eigenvalue weighted by atomic mass is 16.5. The molecule has 0 radical (unpaired) electrons. The van der Waals surface area contributed by atoms with Crippen LogP contribution in [0, 0.1) is 6.92 Å². The molecule has 5 nitrogen and oxygen atoms in total. The Morgan fingerprint density at radius 3 is 2.62 bits per heavy atom. The van der Waals surface area contributed by atoms with Gasteiger partial charge in [-0.25, -0.2) is 0 Å². The number of pyridine rings is 1. The van der Waals surface area contributed by atoms with E-state index in [1.165, 1.54) is 0 Å². The molecule has 1 fully saturated rings. The van der Waals surface area contributed by atoms with Crippen molar-refractivity contribution in [3.05, 3.63) is 66.0 Å². The molecular weight excluding hydrogens is 326 g/mol. The Balaban J connectivity index is 1.40. The zero-order chi connectivity index (χ0) is 18.2. The van der Waals surface area contributed by atoms with Crippen LogP contribution in [-0.2, 0) is 4.79 Å². The predicted molar refractivity (Wildman–Crippen MR) is 103 cm³/mol. The Morgan fingerprint density at radius 1 is 1.12 bits per heavy atom. The quantitative estimate of drug-likeness (QED) is 0.751. The van der Waals surface area contributed by atoms with E-state index in [4.69, 9.17) is 4.74 Å². The molecule has 0 spiro atoms. The van der Waals surface area contributed by atoms with Crippen LogP contribution in [0.15, 0.2) is 54.7 Å². The summed E-state index contributed by atoms with van der Waals surface area (Å²) in [7, 11) is 0. The first-order chi connectivity index (χ1) is 12.7. The van der Waals surface area contributed by atoms with Crippen LogP contribution >= 0.6 is 0 Å². The van der Waals surface area contributed by atoms with E-state index in [9.17, 15) is 4.79 Å². The number of ether oxygens (including phenoxy) is 1. The predicted octanol–water partition coefficient (Wildman–Crippen LogP) is 2.63. The van der Waals surface area contributed by atoms with E-state index in [1.54, 1.807) is 18.3 Å². The van der Waals surface area contributed by atoms with E-state index < -0.39 is 0 Å². The third-order valence-corrected chi connectivity index (χ3v) is 4.54. The van der Waals surface area contributed by atoms with Crippen molar-refractivity contribution in [3.63, 3.8) is 0 Å². The SMILES string of the molecule is Cc1cccnc1C=CC(=O)N1CCN(CCOc2ccccc2)CC1. The topological polar surface area (TPSA) is 45.7 Å². The summed E-state index contributed by atoms with van der Waals surface area (Å²) in [5, 5.41) is 0. The fourth-order valence-corrected chi connectivity index (χ4v) is 2.93. The van der Waals surface area contributed by atoms with Crippen molar-refractivity contribution < 1.29 is 9.53 Å². The van der Waals surface area contributed by atoms with Gasteiger partial charge in [0.05, 0.1) is 5.69 Å². The lowest BCUT2D eigenvalue weighted by Crippen LogP contribution is -2.49. The maximum atomic E-state index is 12.4. The number of aryl methyl sites for hydroxylation is 1. The Hall–Kier alpha value is -2.66. The maximum Gasteiger partial charge on any atom is 0.246 e. The van der Waals surface area contributed by atoms with Crippen LogP contribution in [0.1, 0.15) is 11.3 Å². The van der Waals surface area contributed by atoms with Crippen LogP contribution in [0.5, 0.6) is 5.75 Å². The van der Waals surface area contributed by atoms with Crippen molar-refractivity contribution in [3.8, 4) is 5.75 Å². The second-order valence-corrected chi connectivity index (χ2v) is 6.37. The molecule has 0 saturated carbocycles. The summed E-state index contributed by atoms with van der Waals surface area (Å²) < 4.78 is 5.74. The Bertz CT molecular complexity index is 738. The van der Waals surface area contributed by atoms with E-state index in [1.807, 2.05) is 54.3 Å². The average molecular weight is 351 g/mol. The number of carbonyl (C=O) groups is 1. The van der Waals surface area contributed by atoms with Crippen LogP contribution in [-0.4, -0.2) is 60.0 Å². The Labute approximate surface area is 154 Å². The number of carbonyl (C=O) groups excluding carboxylic acids is 1. The zero-order valence-corrected chi connectivity index (χ0v) is 15.2. The van der Waals surface area contributed by atoms with E-state index in [0.29, 0.717) is 6.61 Å². The molecule has 26 heavy (non-hydrogen) atoms. The maximum absolute atomic E-state index is 12.4. The Kier molecular flexibility index (Phi) is 6.39. The van der Waals surface area contributed by atoms with Crippen molar-refractivity contribution in [2.45, 2.75) is 6.92 Å². The first kappa shape index (κ1) is 18.1. The van der Waals surface area contributed by atoms with Gasteiger partial charge in [-0.15, -0.1) is 0 Å². The molecule has 2 aromatic rings. The summed E-state index contributed by atoms with van der Waals surface area (Å²) in [5.74, 6) is 0.950. The van der Waals surface area contributed by atoms with E-state index in [-0.39, 0.29) is 5.91 Å². The highest BCUT2D eigenvalue weighted by Crippen LogP contribution is 2.10. The van der Waals surface area contributed by atoms with Crippen molar-refractivity contribution >= 4 is 12.0 Å². The average Bonchev–Trinajstić information content (AvgIpc) is 2.68. The minimum absolute atomic E-state index is 0.0511. The van der Waals surface area contributed by atoms with E-state index in [2.05, 4.69) is 9.88 Å². The van der Waals surface area contributed by atoms with E-state index in [0.717, 1.165) is 49.7 Å². The number of nitrogens with zero attached hydrogens (tertiary/aromatic N) is 3. The molecule has 0 unspecified atom stereocenters. The first-order valence-electron chi connectivity index (χ1n) is 9.01. The number of piperazine rings is 1. The van der Waals surface area contributed by atoms with Gasteiger partial charge in [-0.1, -0.05) is 24.3 Å². The largest absolute Gasteiger partial charge is 0.492 e. The molecule has 1 aliphatic heterocycles. The number of aromatic nitrogens is 1. The summed E-state index contributed by atoms with van der Waals surface area (Å²) in [5.41, 5.74) is 1.91. The number of hydrogen-bond acceptors (Lipinski definition) is 4. The second kappa shape index (κ2) is 9.15. The monoisotopic (exact) mass is 351 g/mol. The molecule has 1 amide bonds. The van der Waals surface area contributed by atoms with Gasteiger partial charge in [-0.3, -0.25) is 14.7 Å². The smallest absolute Gasteiger partial charge is 0.246 e. The van der Waals surface area contributed by atoms with Gasteiger partial charge in [0.2, 0.25) is 5.91 Å². The summed E-state index contributed by atoms with van der Waals surface area (Å²) in [6.45, 7) is 6.77. The van der Waals surface area contributed by atoms with Gasteiger partial charge >= 0.3 is 0 Å². The van der Waals surface area contributed by atoms with Crippen molar-refractivity contribution in [2.24, 2.45) is 0 Å². The molecule has 2 heterocycles. The normalized spacial score (nSPS) is 15.3. The molecule has 1 aromatic carbocycles. The fraction of sp³-hybridized carbons (Fsp3) is 0.333. The molecule has 136 valence electrons. The lowest BCUT2D eigenvalue weighted by molar-refractivity contribution is -0.127. The molecule has 0 atom stereocenters. The number of rotatable bonds is 6. The summed E-state index contributed by atoms with van der Waals surface area (Å²) in [6.07, 6.45) is 5.18. The van der Waals surface area contributed by atoms with Crippen LogP contribution in [0.2, 0.25) is 0 Å². The molecule has 1 aliphatic rings. The van der Waals surface area contributed by atoms with Crippen molar-refractivity contribution in [2.75, 3.05) is 39.3 Å². The molecular formula is C21H25N3O2. The lowest BCUT2D eigenvalue weighted by Gasteiger charge is -2.34. The molecule has 5 heteroatoms. The fourth-order valence-electron chi connectivity index (χ4n) is 2.93. The van der Waals surface area contributed by atoms with Crippen molar-refractivity contribution in [1.29, 1.82) is 0 Å². The third-order valence-electron chi connectivity index (χ3n) is 4.54. The number of hydrogen-bond donors (Lipinski definition) is 0. The van der Waals surface area contributed by atoms with Gasteiger partial charge in [0.25, 0.3) is 0 Å². The van der Waals surface area contributed by atoms with Crippen LogP contribution in [0.4, 0.5) is 0 Å². The summed E-state index contributed by atoms with van der Waals surface area (Å²) in [6, 6.07) is 13.7. The molecule has 1 saturated heterocycles. The van der Waals surface area contributed by atoms with Crippen molar-refractivity contribution in [1.82, 2.24) is 14.8 Å². The Morgan fingerprint density at radius 2 is 1.88 bits per heavy atom. The van der Waals surface area contributed by atoms with Gasteiger partial charge in [0, 0.05) is 45.0 Å². The number of amides is 1. The molecule has 0 N–H and O–H groups in total. The molecule has 0 aliphatic carbocycles. The van der Waals surface area contributed by atoms with E-state index >= 15 is 0 Å². The van der Waals surface area contributed by atoms with Gasteiger partial charge in [-0.2, -0.15) is 0 Å². The standard InChI is InChI=1S/C21H25N3O2/c1-18-6-5-11-22-20(18)9-10-21(25)24-14-12-23(13-15-24)16-17-26-19-7-3-2-4-8-19/h2-11H,12-17H2,1H3. The van der Waals surface area contributed by atoms with Gasteiger partial charge in [-0.05, 0) is 36.8 Å². The van der Waals surface area contributed by atoms with Crippen LogP contribution in [0.3, 0.4) is 0 Å². The summed E-state index contributed by atoms with van der Waals surface area (Å²) >= 11 is 0. The van der Waals surface area contributed by atoms with Gasteiger partial charge in [0.1, 0.15) is 12.4 Å². The minimum Gasteiger partial charge on any atom is -0.492 e.